The Balaban J connectivity index is 0.00000242. The van der Waals surface area contributed by atoms with Crippen LogP contribution in [0.25, 0.3) is 0 Å². The fourth-order valence-corrected chi connectivity index (χ4v) is 3.75. The zero-order valence-electron chi connectivity index (χ0n) is 13.1. The van der Waals surface area contributed by atoms with Crippen molar-refractivity contribution in [3.8, 4) is 5.75 Å². The van der Waals surface area contributed by atoms with Crippen molar-refractivity contribution in [2.45, 2.75) is 37.6 Å². The standard InChI is InChI=1S/C15H24N2O3S.ClH/c1-12(2)8-10-20-14-3-5-15(6-4-14)21(18,19)17-9-7-13(16)11-17;/h3-6,12-13H,7-11,16H2,1-2H3;1H/t13-;/m1./s1. The lowest BCUT2D eigenvalue weighted by atomic mass is 10.1. The fraction of sp³-hybridized carbons (Fsp3) is 0.600. The number of nitrogens with two attached hydrogens (primary N) is 1. The molecule has 0 unspecified atom stereocenters. The van der Waals surface area contributed by atoms with Crippen LogP contribution in [0, 0.1) is 5.92 Å². The third-order valence-electron chi connectivity index (χ3n) is 3.61. The summed E-state index contributed by atoms with van der Waals surface area (Å²) in [5.41, 5.74) is 5.78. The molecule has 1 aromatic rings. The van der Waals surface area contributed by atoms with E-state index in [0.717, 1.165) is 12.8 Å². The molecule has 2 N–H and O–H groups in total. The van der Waals surface area contributed by atoms with Crippen molar-refractivity contribution in [1.29, 1.82) is 0 Å². The SMILES string of the molecule is CC(C)CCOc1ccc(S(=O)(=O)N2CC[C@@H](N)C2)cc1.Cl. The maximum Gasteiger partial charge on any atom is 0.243 e. The fourth-order valence-electron chi connectivity index (χ4n) is 2.24. The molecule has 1 heterocycles. The minimum absolute atomic E-state index is 0. The van der Waals surface area contributed by atoms with E-state index in [1.54, 1.807) is 24.3 Å². The normalized spacial score (nSPS) is 19.2. The average Bonchev–Trinajstić information content (AvgIpc) is 2.86. The third kappa shape index (κ3) is 4.84. The van der Waals surface area contributed by atoms with E-state index in [-0.39, 0.29) is 18.4 Å². The molecule has 1 atom stereocenters. The monoisotopic (exact) mass is 348 g/mol. The molecule has 1 aromatic carbocycles. The van der Waals surface area contributed by atoms with Gasteiger partial charge < -0.3 is 10.5 Å². The van der Waals surface area contributed by atoms with Gasteiger partial charge >= 0.3 is 0 Å². The van der Waals surface area contributed by atoms with Crippen LogP contribution in [-0.4, -0.2) is 38.5 Å². The summed E-state index contributed by atoms with van der Waals surface area (Å²) in [5.74, 6) is 1.29. The number of hydrogen-bond donors (Lipinski definition) is 1. The van der Waals surface area contributed by atoms with E-state index >= 15 is 0 Å². The molecule has 126 valence electrons. The molecule has 22 heavy (non-hydrogen) atoms. The smallest absolute Gasteiger partial charge is 0.243 e. The molecule has 0 amide bonds. The highest BCUT2D eigenvalue weighted by molar-refractivity contribution is 7.89. The molecule has 0 aliphatic carbocycles. The van der Waals surface area contributed by atoms with Crippen molar-refractivity contribution in [2.24, 2.45) is 11.7 Å². The van der Waals surface area contributed by atoms with Crippen LogP contribution in [0.5, 0.6) is 5.75 Å². The van der Waals surface area contributed by atoms with E-state index in [1.165, 1.54) is 4.31 Å². The first-order valence-corrected chi connectivity index (χ1v) is 8.82. The van der Waals surface area contributed by atoms with E-state index in [2.05, 4.69) is 13.8 Å². The summed E-state index contributed by atoms with van der Waals surface area (Å²) < 4.78 is 31.9. The second kappa shape index (κ2) is 8.15. The molecular weight excluding hydrogens is 324 g/mol. The molecule has 0 radical (unpaired) electrons. The minimum Gasteiger partial charge on any atom is -0.494 e. The molecule has 1 aliphatic rings. The van der Waals surface area contributed by atoms with Gasteiger partial charge in [-0.25, -0.2) is 8.42 Å². The first kappa shape index (κ1) is 19.2. The Morgan fingerprint density at radius 3 is 2.45 bits per heavy atom. The van der Waals surface area contributed by atoms with Gasteiger partial charge in [0.2, 0.25) is 10.0 Å². The molecule has 0 aromatic heterocycles. The zero-order valence-corrected chi connectivity index (χ0v) is 14.7. The lowest BCUT2D eigenvalue weighted by Crippen LogP contribution is -2.31. The highest BCUT2D eigenvalue weighted by Gasteiger charge is 2.30. The molecule has 5 nitrogen and oxygen atoms in total. The summed E-state index contributed by atoms with van der Waals surface area (Å²) in [5, 5.41) is 0. The summed E-state index contributed by atoms with van der Waals surface area (Å²) in [6, 6.07) is 6.57. The predicted octanol–water partition coefficient (Wildman–Crippen LogP) is 2.26. The van der Waals surface area contributed by atoms with Crippen molar-refractivity contribution in [3.05, 3.63) is 24.3 Å². The van der Waals surface area contributed by atoms with Crippen molar-refractivity contribution in [1.82, 2.24) is 4.31 Å². The molecule has 0 saturated carbocycles. The lowest BCUT2D eigenvalue weighted by molar-refractivity contribution is 0.289. The Hall–Kier alpha value is -0.820. The molecular formula is C15H25ClN2O3S. The molecule has 0 bridgehead atoms. The van der Waals surface area contributed by atoms with Crippen molar-refractivity contribution in [2.75, 3.05) is 19.7 Å². The van der Waals surface area contributed by atoms with Crippen LogP contribution in [0.2, 0.25) is 0 Å². The van der Waals surface area contributed by atoms with Gasteiger partial charge in [0, 0.05) is 19.1 Å². The van der Waals surface area contributed by atoms with Gasteiger partial charge in [0.05, 0.1) is 11.5 Å². The average molecular weight is 349 g/mol. The maximum atomic E-state index is 12.4. The zero-order chi connectivity index (χ0) is 15.5. The van der Waals surface area contributed by atoms with Gasteiger partial charge in [0.1, 0.15) is 5.75 Å². The molecule has 0 spiro atoms. The van der Waals surface area contributed by atoms with Crippen LogP contribution in [-0.2, 0) is 10.0 Å². The van der Waals surface area contributed by atoms with E-state index in [9.17, 15) is 8.42 Å². The number of benzene rings is 1. The highest BCUT2D eigenvalue weighted by Crippen LogP contribution is 2.22. The van der Waals surface area contributed by atoms with Gasteiger partial charge in [-0.2, -0.15) is 4.31 Å². The number of nitrogens with zero attached hydrogens (tertiary/aromatic N) is 1. The van der Waals surface area contributed by atoms with Gasteiger partial charge in [-0.1, -0.05) is 13.8 Å². The topological polar surface area (TPSA) is 72.6 Å². The highest BCUT2D eigenvalue weighted by atomic mass is 35.5. The molecule has 1 fully saturated rings. The van der Waals surface area contributed by atoms with E-state index in [0.29, 0.717) is 36.3 Å². The van der Waals surface area contributed by atoms with Gasteiger partial charge in [-0.3, -0.25) is 0 Å². The summed E-state index contributed by atoms with van der Waals surface area (Å²) in [6.07, 6.45) is 1.70. The largest absolute Gasteiger partial charge is 0.494 e. The second-order valence-corrected chi connectivity index (χ2v) is 7.85. The number of halogens is 1. The first-order valence-electron chi connectivity index (χ1n) is 7.38. The van der Waals surface area contributed by atoms with Gasteiger partial charge in [-0.15, -0.1) is 12.4 Å². The Labute approximate surface area is 139 Å². The van der Waals surface area contributed by atoms with Crippen LogP contribution >= 0.6 is 12.4 Å². The number of hydrogen-bond acceptors (Lipinski definition) is 4. The Kier molecular flexibility index (Phi) is 7.12. The summed E-state index contributed by atoms with van der Waals surface area (Å²) in [7, 11) is -3.42. The number of ether oxygens (including phenoxy) is 1. The molecule has 2 rings (SSSR count). The van der Waals surface area contributed by atoms with E-state index < -0.39 is 10.0 Å². The Morgan fingerprint density at radius 1 is 1.32 bits per heavy atom. The minimum atomic E-state index is -3.42. The van der Waals surface area contributed by atoms with Crippen LogP contribution < -0.4 is 10.5 Å². The van der Waals surface area contributed by atoms with Crippen LogP contribution in [0.1, 0.15) is 26.7 Å². The maximum absolute atomic E-state index is 12.4. The second-order valence-electron chi connectivity index (χ2n) is 5.91. The van der Waals surface area contributed by atoms with Gasteiger partial charge in [0.25, 0.3) is 0 Å². The quantitative estimate of drug-likeness (QED) is 0.855. The van der Waals surface area contributed by atoms with Crippen molar-refractivity contribution >= 4 is 22.4 Å². The van der Waals surface area contributed by atoms with Crippen molar-refractivity contribution in [3.63, 3.8) is 0 Å². The van der Waals surface area contributed by atoms with Gasteiger partial charge in [-0.05, 0) is 43.0 Å². The first-order chi connectivity index (χ1) is 9.89. The lowest BCUT2D eigenvalue weighted by Gasteiger charge is -2.16. The van der Waals surface area contributed by atoms with E-state index in [4.69, 9.17) is 10.5 Å². The molecule has 1 aliphatic heterocycles. The molecule has 7 heteroatoms. The van der Waals surface area contributed by atoms with Crippen LogP contribution in [0.4, 0.5) is 0 Å². The Morgan fingerprint density at radius 2 is 1.95 bits per heavy atom. The van der Waals surface area contributed by atoms with Crippen LogP contribution in [0.15, 0.2) is 29.2 Å². The number of rotatable bonds is 6. The number of sulfonamides is 1. The molecule has 1 saturated heterocycles. The van der Waals surface area contributed by atoms with Crippen molar-refractivity contribution < 1.29 is 13.2 Å². The predicted molar refractivity (Wildman–Crippen MR) is 90.0 cm³/mol. The summed E-state index contributed by atoms with van der Waals surface area (Å²) >= 11 is 0. The Bertz CT molecular complexity index is 561. The van der Waals surface area contributed by atoms with Gasteiger partial charge in [0.15, 0.2) is 0 Å². The van der Waals surface area contributed by atoms with Crippen LogP contribution in [0.3, 0.4) is 0 Å². The summed E-state index contributed by atoms with van der Waals surface area (Å²) in [4.78, 5) is 0.299. The third-order valence-corrected chi connectivity index (χ3v) is 5.49. The van der Waals surface area contributed by atoms with E-state index in [1.807, 2.05) is 0 Å². The summed E-state index contributed by atoms with van der Waals surface area (Å²) in [6.45, 7) is 5.81.